The molecule has 0 bridgehead atoms. The van der Waals surface area contributed by atoms with Crippen molar-refractivity contribution in [2.45, 2.75) is 83.0 Å². The van der Waals surface area contributed by atoms with Gasteiger partial charge in [0.1, 0.15) is 11.3 Å². The van der Waals surface area contributed by atoms with Gasteiger partial charge in [0.15, 0.2) is 0 Å². The van der Waals surface area contributed by atoms with Crippen LogP contribution in [0.2, 0.25) is 0 Å². The number of hydrogen-bond acceptors (Lipinski definition) is 8. The average molecular weight is 538 g/mol. The summed E-state index contributed by atoms with van der Waals surface area (Å²) < 4.78 is 11.7. The fraction of sp³-hybridized carbons (Fsp3) is 0.630. The van der Waals surface area contributed by atoms with E-state index in [4.69, 9.17) is 30.5 Å². The Bertz CT molecular complexity index is 946. The van der Waals surface area contributed by atoms with Crippen LogP contribution in [0.3, 0.4) is 0 Å². The van der Waals surface area contributed by atoms with E-state index in [0.717, 1.165) is 5.56 Å². The standard InChI is InChI=1S/C27H39NO10/c1-27(28,15-17-11-13-19(29)14-12-17)26(36)38-25-21(7-4-10-24(34)35)20(6-3-9-23(32)33)18(16-37-25)5-2-8-22(30)31/h11-14,18,20-21,25,29H,2-10,15-16,28H2,1H3,(H,30,31)(H,32,33)(H,34,35)/t18-,20-,21+,25-,27?/m0/s1. The Balaban J connectivity index is 2.21. The first-order valence-corrected chi connectivity index (χ1v) is 12.9. The van der Waals surface area contributed by atoms with Gasteiger partial charge in [-0.25, -0.2) is 4.79 Å². The molecule has 1 heterocycles. The molecule has 1 saturated heterocycles. The Kier molecular flexibility index (Phi) is 12.0. The minimum absolute atomic E-state index is 0.0107. The number of carboxylic acid groups (broad SMARTS) is 3. The van der Waals surface area contributed by atoms with E-state index in [9.17, 15) is 24.3 Å². The second kappa shape index (κ2) is 14.7. The van der Waals surface area contributed by atoms with Crippen LogP contribution in [0.1, 0.15) is 70.3 Å². The predicted octanol–water partition coefficient (Wildman–Crippen LogP) is 3.16. The van der Waals surface area contributed by atoms with Gasteiger partial charge in [0, 0.05) is 31.6 Å². The number of carbonyl (C=O) groups excluding carboxylic acids is 1. The summed E-state index contributed by atoms with van der Waals surface area (Å²) >= 11 is 0. The maximum absolute atomic E-state index is 13.2. The van der Waals surface area contributed by atoms with Crippen molar-refractivity contribution in [2.24, 2.45) is 23.5 Å². The van der Waals surface area contributed by atoms with Gasteiger partial charge in [0.25, 0.3) is 0 Å². The number of carboxylic acids is 3. The zero-order valence-corrected chi connectivity index (χ0v) is 21.7. The molecule has 0 radical (unpaired) electrons. The quantitative estimate of drug-likeness (QED) is 0.194. The van der Waals surface area contributed by atoms with Crippen molar-refractivity contribution in [1.29, 1.82) is 0 Å². The Morgan fingerprint density at radius 2 is 1.39 bits per heavy atom. The molecule has 1 aliphatic heterocycles. The maximum atomic E-state index is 13.2. The second-order valence-electron chi connectivity index (χ2n) is 10.3. The van der Waals surface area contributed by atoms with Crippen molar-refractivity contribution >= 4 is 23.9 Å². The van der Waals surface area contributed by atoms with Crippen molar-refractivity contribution in [2.75, 3.05) is 6.61 Å². The van der Waals surface area contributed by atoms with Crippen molar-refractivity contribution in [3.05, 3.63) is 29.8 Å². The molecule has 11 heteroatoms. The molecule has 0 aliphatic carbocycles. The smallest absolute Gasteiger partial charge is 0.328 e. The van der Waals surface area contributed by atoms with Crippen LogP contribution in [0, 0.1) is 17.8 Å². The summed E-state index contributed by atoms with van der Waals surface area (Å²) in [6.45, 7) is 1.73. The number of aromatic hydroxyl groups is 1. The first kappa shape index (κ1) is 31.0. The topological polar surface area (TPSA) is 194 Å². The molecule has 6 N–H and O–H groups in total. The maximum Gasteiger partial charge on any atom is 0.328 e. The monoisotopic (exact) mass is 537 g/mol. The molecule has 1 aromatic carbocycles. The normalized spacial score (nSPS) is 22.8. The Labute approximate surface area is 221 Å². The molecule has 1 aromatic rings. The molecule has 0 amide bonds. The first-order valence-electron chi connectivity index (χ1n) is 12.9. The third kappa shape index (κ3) is 10.3. The molecule has 212 valence electrons. The Morgan fingerprint density at radius 1 is 0.895 bits per heavy atom. The van der Waals surface area contributed by atoms with Gasteiger partial charge in [0.2, 0.25) is 6.29 Å². The third-order valence-corrected chi connectivity index (χ3v) is 7.00. The van der Waals surface area contributed by atoms with Gasteiger partial charge in [0.05, 0.1) is 6.61 Å². The van der Waals surface area contributed by atoms with E-state index < -0.39 is 41.6 Å². The zero-order valence-electron chi connectivity index (χ0n) is 21.7. The number of rotatable bonds is 16. The molecule has 11 nitrogen and oxygen atoms in total. The van der Waals surface area contributed by atoms with Crippen LogP contribution in [-0.4, -0.2) is 62.7 Å². The molecule has 1 aliphatic rings. The molecule has 0 spiro atoms. The number of phenolic OH excluding ortho intramolecular Hbond substituents is 1. The molecule has 5 atom stereocenters. The van der Waals surface area contributed by atoms with Gasteiger partial charge in [-0.15, -0.1) is 0 Å². The van der Waals surface area contributed by atoms with Crippen LogP contribution < -0.4 is 5.73 Å². The summed E-state index contributed by atoms with van der Waals surface area (Å²) in [7, 11) is 0. The molecule has 1 unspecified atom stereocenters. The van der Waals surface area contributed by atoms with Crippen molar-refractivity contribution in [1.82, 2.24) is 0 Å². The Morgan fingerprint density at radius 3 is 1.92 bits per heavy atom. The molecule has 1 fully saturated rings. The number of aliphatic carboxylic acids is 3. The number of benzene rings is 1. The van der Waals surface area contributed by atoms with E-state index in [2.05, 4.69) is 0 Å². The lowest BCUT2D eigenvalue weighted by molar-refractivity contribution is -0.229. The molecule has 2 rings (SSSR count). The lowest BCUT2D eigenvalue weighted by Gasteiger charge is -2.43. The Hall–Kier alpha value is -3.18. The number of esters is 1. The summed E-state index contributed by atoms with van der Waals surface area (Å²) in [5.41, 5.74) is 5.62. The van der Waals surface area contributed by atoms with Crippen molar-refractivity contribution < 1.29 is 49.1 Å². The first-order chi connectivity index (χ1) is 17.9. The lowest BCUT2D eigenvalue weighted by Crippen LogP contribution is -2.52. The van der Waals surface area contributed by atoms with Crippen LogP contribution in [0.15, 0.2) is 24.3 Å². The van der Waals surface area contributed by atoms with E-state index in [1.165, 1.54) is 19.1 Å². The summed E-state index contributed by atoms with van der Waals surface area (Å²) in [6.07, 6.45) is 1.51. The van der Waals surface area contributed by atoms with Gasteiger partial charge < -0.3 is 35.6 Å². The predicted molar refractivity (Wildman–Crippen MR) is 135 cm³/mol. The van der Waals surface area contributed by atoms with Crippen LogP contribution >= 0.6 is 0 Å². The summed E-state index contributed by atoms with van der Waals surface area (Å²) in [4.78, 5) is 46.5. The van der Waals surface area contributed by atoms with E-state index in [1.807, 2.05) is 0 Å². The van der Waals surface area contributed by atoms with Gasteiger partial charge >= 0.3 is 23.9 Å². The highest BCUT2D eigenvalue weighted by Crippen LogP contribution is 2.41. The van der Waals surface area contributed by atoms with Gasteiger partial charge in [-0.05, 0) is 75.0 Å². The van der Waals surface area contributed by atoms with Crippen LogP contribution in [0.25, 0.3) is 0 Å². The number of hydrogen-bond donors (Lipinski definition) is 5. The SMILES string of the molecule is CC(N)(Cc1ccc(O)cc1)C(=O)O[C@@H]1OC[C@H](CCCC(=O)O)[C@H](CCCC(=O)O)[C@H]1CCCC(=O)O. The number of ether oxygens (including phenoxy) is 2. The van der Waals surface area contributed by atoms with Crippen LogP contribution in [-0.2, 0) is 35.1 Å². The van der Waals surface area contributed by atoms with E-state index in [1.54, 1.807) is 12.1 Å². The fourth-order valence-corrected chi connectivity index (χ4v) is 5.08. The molecular weight excluding hydrogens is 498 g/mol. The number of carbonyl (C=O) groups is 4. The highest BCUT2D eigenvalue weighted by Gasteiger charge is 2.43. The van der Waals surface area contributed by atoms with Gasteiger partial charge in [-0.2, -0.15) is 0 Å². The van der Waals surface area contributed by atoms with Gasteiger partial charge in [-0.1, -0.05) is 12.1 Å². The highest BCUT2D eigenvalue weighted by atomic mass is 16.7. The zero-order chi connectivity index (χ0) is 28.3. The van der Waals surface area contributed by atoms with E-state index in [-0.39, 0.29) is 49.9 Å². The highest BCUT2D eigenvalue weighted by molar-refractivity contribution is 5.80. The van der Waals surface area contributed by atoms with E-state index in [0.29, 0.717) is 38.5 Å². The minimum atomic E-state index is -1.41. The minimum Gasteiger partial charge on any atom is -0.508 e. The number of phenols is 1. The van der Waals surface area contributed by atoms with Gasteiger partial charge in [-0.3, -0.25) is 14.4 Å². The summed E-state index contributed by atoms with van der Waals surface area (Å²) in [5, 5.41) is 36.8. The third-order valence-electron chi connectivity index (χ3n) is 7.00. The summed E-state index contributed by atoms with van der Waals surface area (Å²) in [6, 6.07) is 6.29. The summed E-state index contributed by atoms with van der Waals surface area (Å²) in [5.74, 6) is -4.06. The molecular formula is C27H39NO10. The van der Waals surface area contributed by atoms with Crippen molar-refractivity contribution in [3.8, 4) is 5.75 Å². The van der Waals surface area contributed by atoms with Crippen LogP contribution in [0.5, 0.6) is 5.75 Å². The van der Waals surface area contributed by atoms with Crippen molar-refractivity contribution in [3.63, 3.8) is 0 Å². The number of nitrogens with two attached hydrogens (primary N) is 1. The molecule has 38 heavy (non-hydrogen) atoms. The average Bonchev–Trinajstić information content (AvgIpc) is 2.82. The van der Waals surface area contributed by atoms with Crippen LogP contribution in [0.4, 0.5) is 0 Å². The van der Waals surface area contributed by atoms with E-state index >= 15 is 0 Å². The largest absolute Gasteiger partial charge is 0.508 e. The lowest BCUT2D eigenvalue weighted by atomic mass is 9.72. The molecule has 0 saturated carbocycles. The molecule has 0 aromatic heterocycles. The fourth-order valence-electron chi connectivity index (χ4n) is 5.08. The second-order valence-corrected chi connectivity index (χ2v) is 10.3.